The average molecular weight is 238 g/mol. The molecular formula is C9H8ClN5O. The summed E-state index contributed by atoms with van der Waals surface area (Å²) in [6.45, 7) is 0.209. The van der Waals surface area contributed by atoms with Gasteiger partial charge in [0, 0.05) is 0 Å². The number of nitrogens with zero attached hydrogens (tertiary/aromatic N) is 3. The number of aromatic nitrogens is 4. The predicted molar refractivity (Wildman–Crippen MR) is 56.8 cm³/mol. The van der Waals surface area contributed by atoms with E-state index < -0.39 is 0 Å². The molecule has 0 atom stereocenters. The molecule has 0 aliphatic heterocycles. The maximum Gasteiger partial charge on any atom is 0.253 e. The third-order valence-corrected chi connectivity index (χ3v) is 2.24. The van der Waals surface area contributed by atoms with E-state index in [-0.39, 0.29) is 12.5 Å². The average Bonchev–Trinajstić information content (AvgIpc) is 2.79. The van der Waals surface area contributed by atoms with Crippen LogP contribution in [-0.4, -0.2) is 26.5 Å². The van der Waals surface area contributed by atoms with Crippen molar-refractivity contribution in [3.63, 3.8) is 0 Å². The number of carbonyl (C=O) groups excluding carboxylic acids is 1. The van der Waals surface area contributed by atoms with Gasteiger partial charge in [0.25, 0.3) is 5.91 Å². The Kier molecular flexibility index (Phi) is 3.11. The van der Waals surface area contributed by atoms with Crippen LogP contribution < -0.4 is 5.32 Å². The molecule has 7 heteroatoms. The first-order chi connectivity index (χ1) is 7.77. The fraction of sp³-hybridized carbons (Fsp3) is 0.111. The van der Waals surface area contributed by atoms with E-state index in [4.69, 9.17) is 11.6 Å². The number of halogens is 1. The van der Waals surface area contributed by atoms with Crippen molar-refractivity contribution >= 4 is 17.5 Å². The van der Waals surface area contributed by atoms with Gasteiger partial charge in [-0.15, -0.1) is 10.2 Å². The van der Waals surface area contributed by atoms with Crippen molar-refractivity contribution in [3.8, 4) is 0 Å². The van der Waals surface area contributed by atoms with Crippen molar-refractivity contribution in [2.75, 3.05) is 0 Å². The lowest BCUT2D eigenvalue weighted by atomic mass is 10.2. The van der Waals surface area contributed by atoms with Crippen molar-refractivity contribution in [1.29, 1.82) is 0 Å². The minimum atomic E-state index is -0.268. The molecule has 0 aliphatic rings. The number of tetrazole rings is 1. The van der Waals surface area contributed by atoms with Crippen LogP contribution in [-0.2, 0) is 6.54 Å². The zero-order valence-electron chi connectivity index (χ0n) is 8.14. The van der Waals surface area contributed by atoms with Crippen LogP contribution in [0.3, 0.4) is 0 Å². The highest BCUT2D eigenvalue weighted by atomic mass is 35.5. The van der Waals surface area contributed by atoms with Crippen LogP contribution in [0.25, 0.3) is 0 Å². The molecule has 0 saturated heterocycles. The molecule has 1 heterocycles. The molecule has 1 aromatic carbocycles. The number of H-pyrrole nitrogens is 1. The lowest BCUT2D eigenvalue weighted by Gasteiger charge is -2.03. The zero-order chi connectivity index (χ0) is 11.4. The number of hydrogen-bond donors (Lipinski definition) is 2. The molecular weight excluding hydrogens is 230 g/mol. The number of benzene rings is 1. The Hall–Kier alpha value is -1.95. The number of rotatable bonds is 3. The highest BCUT2D eigenvalue weighted by molar-refractivity contribution is 6.33. The Morgan fingerprint density at radius 1 is 1.44 bits per heavy atom. The van der Waals surface area contributed by atoms with E-state index >= 15 is 0 Å². The summed E-state index contributed by atoms with van der Waals surface area (Å²) in [6, 6.07) is 6.81. The minimum absolute atomic E-state index is 0.209. The maximum absolute atomic E-state index is 11.7. The Morgan fingerprint density at radius 2 is 2.25 bits per heavy atom. The van der Waals surface area contributed by atoms with Crippen LogP contribution in [0, 0.1) is 0 Å². The molecule has 2 rings (SSSR count). The van der Waals surface area contributed by atoms with Gasteiger partial charge in [0.15, 0.2) is 5.82 Å². The Labute approximate surface area is 96.0 Å². The third-order valence-electron chi connectivity index (χ3n) is 1.91. The standard InChI is InChI=1S/C9H8ClN5O/c10-7-4-2-1-3-6(7)9(16)11-5-8-12-14-15-13-8/h1-4H,5H2,(H,11,16)(H,12,13,14,15). The first-order valence-electron chi connectivity index (χ1n) is 4.52. The first kappa shape index (κ1) is 10.6. The van der Waals surface area contributed by atoms with E-state index in [0.717, 1.165) is 0 Å². The van der Waals surface area contributed by atoms with Gasteiger partial charge in [0.05, 0.1) is 17.1 Å². The number of amides is 1. The second-order valence-electron chi connectivity index (χ2n) is 2.99. The van der Waals surface area contributed by atoms with Crippen molar-refractivity contribution in [3.05, 3.63) is 40.7 Å². The molecule has 0 spiro atoms. The minimum Gasteiger partial charge on any atom is -0.345 e. The summed E-state index contributed by atoms with van der Waals surface area (Å²) in [7, 11) is 0. The Bertz CT molecular complexity index is 484. The molecule has 16 heavy (non-hydrogen) atoms. The van der Waals surface area contributed by atoms with Crippen LogP contribution in [0.1, 0.15) is 16.2 Å². The van der Waals surface area contributed by atoms with Gasteiger partial charge in [-0.25, -0.2) is 0 Å². The summed E-state index contributed by atoms with van der Waals surface area (Å²) in [6.07, 6.45) is 0. The first-order valence-corrected chi connectivity index (χ1v) is 4.90. The molecule has 1 aromatic heterocycles. The molecule has 82 valence electrons. The number of carbonyl (C=O) groups is 1. The van der Waals surface area contributed by atoms with Gasteiger partial charge in [-0.2, -0.15) is 5.21 Å². The lowest BCUT2D eigenvalue weighted by Crippen LogP contribution is -2.23. The van der Waals surface area contributed by atoms with E-state index in [2.05, 4.69) is 25.9 Å². The van der Waals surface area contributed by atoms with E-state index in [0.29, 0.717) is 16.4 Å². The summed E-state index contributed by atoms with van der Waals surface area (Å²) in [4.78, 5) is 11.7. The molecule has 0 unspecified atom stereocenters. The summed E-state index contributed by atoms with van der Waals surface area (Å²) < 4.78 is 0. The van der Waals surface area contributed by atoms with E-state index in [1.165, 1.54) is 0 Å². The predicted octanol–water partition coefficient (Wildman–Crippen LogP) is 0.783. The second-order valence-corrected chi connectivity index (χ2v) is 3.40. The Balaban J connectivity index is 2.01. The van der Waals surface area contributed by atoms with E-state index in [9.17, 15) is 4.79 Å². The molecule has 0 bridgehead atoms. The summed E-state index contributed by atoms with van der Waals surface area (Å²) in [5.74, 6) is 0.149. The monoisotopic (exact) mass is 237 g/mol. The molecule has 6 nitrogen and oxygen atoms in total. The molecule has 1 amide bonds. The molecule has 0 radical (unpaired) electrons. The highest BCUT2D eigenvalue weighted by Gasteiger charge is 2.09. The highest BCUT2D eigenvalue weighted by Crippen LogP contribution is 2.14. The number of aromatic amines is 1. The summed E-state index contributed by atoms with van der Waals surface area (Å²) in [5.41, 5.74) is 0.424. The van der Waals surface area contributed by atoms with Gasteiger partial charge in [-0.1, -0.05) is 28.9 Å². The van der Waals surface area contributed by atoms with E-state index in [1.54, 1.807) is 24.3 Å². The second kappa shape index (κ2) is 4.71. The molecule has 2 aromatic rings. The largest absolute Gasteiger partial charge is 0.345 e. The third kappa shape index (κ3) is 2.34. The number of nitrogens with one attached hydrogen (secondary N) is 2. The maximum atomic E-state index is 11.7. The topological polar surface area (TPSA) is 83.6 Å². The summed E-state index contributed by atoms with van der Waals surface area (Å²) in [5, 5.41) is 16.1. The SMILES string of the molecule is O=C(NCc1nn[nH]n1)c1ccccc1Cl. The summed E-state index contributed by atoms with van der Waals surface area (Å²) >= 11 is 5.87. The van der Waals surface area contributed by atoms with Crippen molar-refractivity contribution in [1.82, 2.24) is 25.9 Å². The van der Waals surface area contributed by atoms with Gasteiger partial charge in [-0.3, -0.25) is 4.79 Å². The van der Waals surface area contributed by atoms with Gasteiger partial charge in [0.2, 0.25) is 0 Å². The van der Waals surface area contributed by atoms with Gasteiger partial charge in [-0.05, 0) is 12.1 Å². The van der Waals surface area contributed by atoms with Gasteiger partial charge >= 0.3 is 0 Å². The van der Waals surface area contributed by atoms with Crippen LogP contribution in [0.5, 0.6) is 0 Å². The lowest BCUT2D eigenvalue weighted by molar-refractivity contribution is 0.0950. The fourth-order valence-electron chi connectivity index (χ4n) is 1.16. The molecule has 0 saturated carbocycles. The number of hydrogen-bond acceptors (Lipinski definition) is 4. The molecule has 0 fully saturated rings. The van der Waals surface area contributed by atoms with Crippen LogP contribution in [0.4, 0.5) is 0 Å². The quantitative estimate of drug-likeness (QED) is 0.827. The molecule has 2 N–H and O–H groups in total. The van der Waals surface area contributed by atoms with Crippen LogP contribution >= 0.6 is 11.6 Å². The van der Waals surface area contributed by atoms with Crippen molar-refractivity contribution < 1.29 is 4.79 Å². The zero-order valence-corrected chi connectivity index (χ0v) is 8.90. The van der Waals surface area contributed by atoms with Crippen molar-refractivity contribution in [2.45, 2.75) is 6.54 Å². The molecule has 0 aliphatic carbocycles. The Morgan fingerprint density at radius 3 is 2.94 bits per heavy atom. The van der Waals surface area contributed by atoms with Crippen molar-refractivity contribution in [2.24, 2.45) is 0 Å². The fourth-order valence-corrected chi connectivity index (χ4v) is 1.38. The van der Waals surface area contributed by atoms with Crippen LogP contribution in [0.2, 0.25) is 5.02 Å². The van der Waals surface area contributed by atoms with E-state index in [1.807, 2.05) is 0 Å². The van der Waals surface area contributed by atoms with Crippen LogP contribution in [0.15, 0.2) is 24.3 Å². The smallest absolute Gasteiger partial charge is 0.253 e. The van der Waals surface area contributed by atoms with Gasteiger partial charge in [0.1, 0.15) is 0 Å². The normalized spacial score (nSPS) is 10.1. The van der Waals surface area contributed by atoms with Gasteiger partial charge < -0.3 is 5.32 Å².